The van der Waals surface area contributed by atoms with Crippen LogP contribution in [0.25, 0.3) is 0 Å². The summed E-state index contributed by atoms with van der Waals surface area (Å²) in [5.74, 6) is -0.228. The molecule has 1 saturated heterocycles. The van der Waals surface area contributed by atoms with E-state index in [1.165, 1.54) is 57.8 Å². The number of hydrogen-bond acceptors (Lipinski definition) is 8. The average molecular weight is 680 g/mol. The van der Waals surface area contributed by atoms with Crippen molar-refractivity contribution in [3.63, 3.8) is 0 Å². The molecule has 1 heterocycles. The van der Waals surface area contributed by atoms with Gasteiger partial charge in [0.05, 0.1) is 25.4 Å². The molecule has 1 fully saturated rings. The predicted molar refractivity (Wildman–Crippen MR) is 193 cm³/mol. The van der Waals surface area contributed by atoms with Crippen LogP contribution in [0.1, 0.15) is 136 Å². The van der Waals surface area contributed by atoms with E-state index < -0.39 is 49.5 Å². The number of rotatable bonds is 29. The summed E-state index contributed by atoms with van der Waals surface area (Å²) in [6.07, 6.45) is 28.5. The third-order valence-corrected chi connectivity index (χ3v) is 8.71. The van der Waals surface area contributed by atoms with Gasteiger partial charge in [0.1, 0.15) is 24.4 Å². The third kappa shape index (κ3) is 21.3. The number of allylic oxidation sites excluding steroid dienone is 8. The number of carbonyl (C=O) groups excluding carboxylic acids is 1. The van der Waals surface area contributed by atoms with Crippen LogP contribution in [0.4, 0.5) is 0 Å². The highest BCUT2D eigenvalue weighted by molar-refractivity contribution is 5.76. The number of ether oxygens (including phenoxy) is 2. The molecule has 0 bridgehead atoms. The van der Waals surface area contributed by atoms with Gasteiger partial charge in [0.15, 0.2) is 6.29 Å². The fourth-order valence-electron chi connectivity index (χ4n) is 5.64. The zero-order valence-electron chi connectivity index (χ0n) is 30.0. The minimum absolute atomic E-state index is 0.169. The predicted octanol–water partition coefficient (Wildman–Crippen LogP) is 6.33. The molecule has 0 spiro atoms. The van der Waals surface area contributed by atoms with Gasteiger partial charge in [0, 0.05) is 6.42 Å². The van der Waals surface area contributed by atoms with Gasteiger partial charge in [-0.15, -0.1) is 0 Å². The van der Waals surface area contributed by atoms with Gasteiger partial charge in [-0.05, 0) is 38.5 Å². The maximum atomic E-state index is 12.8. The minimum Gasteiger partial charge on any atom is -0.394 e. The number of hydrogen-bond donors (Lipinski definition) is 6. The summed E-state index contributed by atoms with van der Waals surface area (Å²) in [5.41, 5.74) is 0. The first-order chi connectivity index (χ1) is 23.3. The Labute approximate surface area is 291 Å². The number of aliphatic hydroxyl groups is 5. The van der Waals surface area contributed by atoms with Crippen molar-refractivity contribution in [2.45, 2.75) is 179 Å². The first-order valence-corrected chi connectivity index (χ1v) is 18.8. The largest absolute Gasteiger partial charge is 0.394 e. The quantitative estimate of drug-likeness (QED) is 0.0397. The summed E-state index contributed by atoms with van der Waals surface area (Å²) < 4.78 is 11.2. The molecule has 1 rings (SSSR count). The SMILES string of the molecule is CC/C=C\C/C=C\C/C=C\C/C=C\CCC(=O)NC(COC1OC(CO)C(O)C(O)C1O)C(O)CCCCCCCCCCCCCC. The van der Waals surface area contributed by atoms with Gasteiger partial charge in [-0.1, -0.05) is 140 Å². The van der Waals surface area contributed by atoms with Gasteiger partial charge in [-0.25, -0.2) is 0 Å². The maximum absolute atomic E-state index is 12.8. The van der Waals surface area contributed by atoms with Gasteiger partial charge < -0.3 is 40.3 Å². The van der Waals surface area contributed by atoms with Crippen molar-refractivity contribution in [1.29, 1.82) is 0 Å². The minimum atomic E-state index is -1.56. The van der Waals surface area contributed by atoms with Gasteiger partial charge in [-0.3, -0.25) is 4.79 Å². The molecule has 1 aliphatic rings. The summed E-state index contributed by atoms with van der Waals surface area (Å²) in [6, 6.07) is -0.755. The average Bonchev–Trinajstić information content (AvgIpc) is 3.08. The standard InChI is InChI=1S/C39H69NO8/c1-3-5-7-9-11-13-15-17-19-21-23-25-27-29-35(43)40-32(31-47-39-38(46)37(45)36(44)34(30-41)48-39)33(42)28-26-24-22-20-18-16-14-12-10-8-6-4-2/h5,7,11,13,17,19,23,25,32-34,36-39,41-42,44-46H,3-4,6,8-10,12,14-16,18,20-22,24,26-31H2,1-2H3,(H,40,43)/b7-5-,13-11-,19-17-,25-23-. The second-order valence-corrected chi connectivity index (χ2v) is 13.0. The van der Waals surface area contributed by atoms with Crippen LogP contribution in [0.3, 0.4) is 0 Å². The molecule has 0 aromatic carbocycles. The molecule has 0 saturated carbocycles. The summed E-state index contributed by atoms with van der Waals surface area (Å²) in [4.78, 5) is 12.8. The van der Waals surface area contributed by atoms with Crippen molar-refractivity contribution in [3.8, 4) is 0 Å². The second kappa shape index (κ2) is 30.0. The molecule has 1 aliphatic heterocycles. The second-order valence-electron chi connectivity index (χ2n) is 13.0. The molecule has 278 valence electrons. The van der Waals surface area contributed by atoms with Gasteiger partial charge in [0.2, 0.25) is 5.91 Å². The van der Waals surface area contributed by atoms with Crippen LogP contribution < -0.4 is 5.32 Å². The van der Waals surface area contributed by atoms with E-state index in [2.05, 4.69) is 55.6 Å². The highest BCUT2D eigenvalue weighted by Gasteiger charge is 2.44. The molecule has 9 nitrogen and oxygen atoms in total. The molecule has 7 atom stereocenters. The molecule has 6 N–H and O–H groups in total. The Balaban J connectivity index is 2.50. The fourth-order valence-corrected chi connectivity index (χ4v) is 5.64. The van der Waals surface area contributed by atoms with Gasteiger partial charge in [0.25, 0.3) is 0 Å². The lowest BCUT2D eigenvalue weighted by atomic mass is 9.99. The summed E-state index contributed by atoms with van der Waals surface area (Å²) in [7, 11) is 0. The molecular formula is C39H69NO8. The molecule has 7 unspecified atom stereocenters. The highest BCUT2D eigenvalue weighted by Crippen LogP contribution is 2.23. The van der Waals surface area contributed by atoms with Crippen molar-refractivity contribution in [3.05, 3.63) is 48.6 Å². The lowest BCUT2D eigenvalue weighted by Gasteiger charge is -2.40. The summed E-state index contributed by atoms with van der Waals surface area (Å²) in [5, 5.41) is 53.9. The van der Waals surface area contributed by atoms with E-state index in [9.17, 15) is 30.3 Å². The Bertz CT molecular complexity index is 889. The lowest BCUT2D eigenvalue weighted by Crippen LogP contribution is -2.60. The topological polar surface area (TPSA) is 149 Å². The molecule has 48 heavy (non-hydrogen) atoms. The van der Waals surface area contributed by atoms with E-state index in [4.69, 9.17) is 9.47 Å². The van der Waals surface area contributed by atoms with Crippen LogP contribution in [0, 0.1) is 0 Å². The van der Waals surface area contributed by atoms with Crippen molar-refractivity contribution in [2.24, 2.45) is 0 Å². The smallest absolute Gasteiger partial charge is 0.220 e. The normalized spacial score (nSPS) is 23.2. The zero-order chi connectivity index (χ0) is 35.2. The Kier molecular flexibility index (Phi) is 27.6. The van der Waals surface area contributed by atoms with Gasteiger partial charge in [-0.2, -0.15) is 0 Å². The van der Waals surface area contributed by atoms with Crippen molar-refractivity contribution in [2.75, 3.05) is 13.2 Å². The van der Waals surface area contributed by atoms with Crippen LogP contribution in [-0.4, -0.2) is 87.5 Å². The van der Waals surface area contributed by atoms with Crippen molar-refractivity contribution in [1.82, 2.24) is 5.32 Å². The number of carbonyl (C=O) groups is 1. The fraction of sp³-hybridized carbons (Fsp3) is 0.769. The Morgan fingerprint density at radius 1 is 0.729 bits per heavy atom. The number of nitrogens with one attached hydrogen (secondary N) is 1. The first-order valence-electron chi connectivity index (χ1n) is 18.8. The molecule has 9 heteroatoms. The zero-order valence-corrected chi connectivity index (χ0v) is 30.0. The molecule has 0 aromatic heterocycles. The Morgan fingerprint density at radius 3 is 1.79 bits per heavy atom. The van der Waals surface area contributed by atoms with E-state index in [0.717, 1.165) is 44.9 Å². The monoisotopic (exact) mass is 680 g/mol. The van der Waals surface area contributed by atoms with E-state index in [0.29, 0.717) is 12.8 Å². The van der Waals surface area contributed by atoms with Crippen LogP contribution in [0.2, 0.25) is 0 Å². The molecule has 0 radical (unpaired) electrons. The summed E-state index contributed by atoms with van der Waals surface area (Å²) in [6.45, 7) is 3.63. The Hall–Kier alpha value is -1.85. The summed E-state index contributed by atoms with van der Waals surface area (Å²) >= 11 is 0. The van der Waals surface area contributed by atoms with E-state index >= 15 is 0 Å². The number of unbranched alkanes of at least 4 members (excludes halogenated alkanes) is 11. The third-order valence-electron chi connectivity index (χ3n) is 8.71. The Morgan fingerprint density at radius 2 is 1.25 bits per heavy atom. The molecular weight excluding hydrogens is 610 g/mol. The van der Waals surface area contributed by atoms with E-state index in [-0.39, 0.29) is 18.9 Å². The van der Waals surface area contributed by atoms with E-state index in [1.807, 2.05) is 12.2 Å². The van der Waals surface area contributed by atoms with Crippen LogP contribution in [0.15, 0.2) is 48.6 Å². The number of amides is 1. The van der Waals surface area contributed by atoms with Gasteiger partial charge >= 0.3 is 0 Å². The lowest BCUT2D eigenvalue weighted by molar-refractivity contribution is -0.302. The molecule has 0 aromatic rings. The molecule has 1 amide bonds. The van der Waals surface area contributed by atoms with E-state index in [1.54, 1.807) is 0 Å². The highest BCUT2D eigenvalue weighted by atomic mass is 16.7. The van der Waals surface area contributed by atoms with Crippen LogP contribution in [-0.2, 0) is 14.3 Å². The van der Waals surface area contributed by atoms with Crippen molar-refractivity contribution < 1.29 is 39.8 Å². The number of aliphatic hydroxyl groups excluding tert-OH is 5. The molecule has 0 aliphatic carbocycles. The van der Waals surface area contributed by atoms with Crippen LogP contribution >= 0.6 is 0 Å². The van der Waals surface area contributed by atoms with Crippen molar-refractivity contribution >= 4 is 5.91 Å². The maximum Gasteiger partial charge on any atom is 0.220 e. The van der Waals surface area contributed by atoms with Crippen LogP contribution in [0.5, 0.6) is 0 Å². The first kappa shape index (κ1) is 44.2.